The molecule has 0 spiro atoms. The van der Waals surface area contributed by atoms with Crippen LogP contribution in [-0.2, 0) is 115 Å². The lowest BCUT2D eigenvalue weighted by molar-refractivity contribution is -0.386. The number of ketones is 5. The standard InChI is InChI=1S/C23H22N4O4.C23H22N4O3.C21H16N4O7.C21H18N2O3.C21H18N2O2/c1-2-23(31)15-9-18-21-12(11-27(18)22(30)13(15)6-7-19(23)28)8-14-16(25-20(29)10-24)4-3-5-17(14)26-21;1-2-13-15-9-19-22-12(11-27(19)23(30)14(15)6-7-20(13)28)8-16-17(25-21(29)10-24)4-3-5-18(16)26-22;1-2-21(28)14(26)7-6-12-15(21)18(25(31)32)19-17-11(9-23(19)20(12)27)8-10-4-3-5-13(24(29)30)16(10)22-17;1-2-21(26)15-10-17-19-13(9-12-5-3-4-6-16(12)22-19)11-23(17)20(25)14(15)7-8-18(21)24;1-2-14-16-10-18-20-13(9-12-5-3-4-6-17(12)22-20)11-23(18)21(25)15(16)7-8-19(14)24/h3-5,8-9,31H,2,6-7,10-11,24H2,1H3,(H,25,29);3-5,8-9,13H,2,6-7,10-11,24H2,1H3,(H,25,29);3-5,8,28H,2,6-7,9H2,1H3;3-6,9-10,26H,2,7-8,11H2,1H3;3-6,9-10,14H,2,7-8,11H2,1H3/t23-;13-;2*21-;14-/m01101/s1. The number of carbonyl (C=O) groups is 7. The van der Waals surface area contributed by atoms with Crippen LogP contribution in [0.4, 0.5) is 22.7 Å². The van der Waals surface area contributed by atoms with Gasteiger partial charge in [0.05, 0.1) is 146 Å². The molecule has 2 amide bonds. The van der Waals surface area contributed by atoms with E-state index in [0.717, 1.165) is 117 Å². The molecule has 15 aromatic rings. The Morgan fingerprint density at radius 1 is 0.389 bits per heavy atom. The first kappa shape index (κ1) is 94.1. The van der Waals surface area contributed by atoms with E-state index in [1.54, 1.807) is 57.9 Å². The summed E-state index contributed by atoms with van der Waals surface area (Å²) in [5.74, 6) is -1.52. The fourth-order valence-corrected chi connectivity index (χ4v) is 22.9. The van der Waals surface area contributed by atoms with Gasteiger partial charge >= 0.3 is 5.69 Å². The van der Waals surface area contributed by atoms with Gasteiger partial charge in [-0.15, -0.1) is 0 Å². The van der Waals surface area contributed by atoms with Crippen LogP contribution in [0.1, 0.15) is 194 Å². The molecule has 5 aliphatic heterocycles. The first-order valence-electron chi connectivity index (χ1n) is 48.3. The molecular formula is C109H96N16O19. The summed E-state index contributed by atoms with van der Waals surface area (Å²) in [6.45, 7) is 10.6. The minimum Gasteiger partial charge on any atom is -0.377 e. The van der Waals surface area contributed by atoms with Gasteiger partial charge in [-0.05, 0) is 166 Å². The zero-order chi connectivity index (χ0) is 101. The summed E-state index contributed by atoms with van der Waals surface area (Å²) in [5, 5.41) is 66.6. The highest BCUT2D eigenvalue weighted by molar-refractivity contribution is 6.05. The Bertz CT molecular complexity index is 8670. The molecule has 35 heteroatoms. The van der Waals surface area contributed by atoms with Crippen molar-refractivity contribution in [2.45, 2.75) is 192 Å². The minimum atomic E-state index is -2.16. The van der Waals surface area contributed by atoms with E-state index in [-0.39, 0.29) is 167 Å². The van der Waals surface area contributed by atoms with E-state index in [4.69, 9.17) is 31.4 Å². The lowest BCUT2D eigenvalue weighted by Crippen LogP contribution is -2.44. The number of nitro groups is 2. The number of fused-ring (bicyclic) bond motifs is 25. The molecule has 35 nitrogen and oxygen atoms in total. The van der Waals surface area contributed by atoms with Crippen molar-refractivity contribution in [1.82, 2.24) is 47.8 Å². The van der Waals surface area contributed by atoms with Crippen molar-refractivity contribution >= 4 is 118 Å². The van der Waals surface area contributed by atoms with Gasteiger partial charge < -0.3 is 55.7 Å². The number of anilines is 2. The number of non-ortho nitro benzene ring substituents is 1. The number of hydrogen-bond donors (Lipinski definition) is 7. The summed E-state index contributed by atoms with van der Waals surface area (Å²) >= 11 is 0. The SMILES string of the molecule is CC[C@@]1(O)C(=O)CCc2c1c([N+](=O)[O-])c1n(c2=O)Cc2cc3cccc([N+](=O)[O-])c3nc2-1.CC[C@@]1(O)C(=O)CCc2c1cc1n(c2=O)Cc2cc3c(NC(=O)CN)cccc3nc2-1.CC[C@@]1(O)C(=O)CCc2c1cc1n(c2=O)Cc2cc3ccccc3nc2-1.CC[C@H]1C(=O)CCc2c1cc1n(c2=O)Cc2cc3c(NC(=O)CN)cccc3nc2-1.CC[C@H]1C(=O)CCc2c1cc1n(c2=O)Cc2cc3ccccc3nc2-1. The van der Waals surface area contributed by atoms with E-state index in [9.17, 15) is 93.1 Å². The Labute approximate surface area is 817 Å². The second kappa shape index (κ2) is 35.8. The average molecular weight is 1930 g/mol. The third-order valence-electron chi connectivity index (χ3n) is 30.3. The minimum absolute atomic E-state index is 0.00174. The number of nitrogens with zero attached hydrogens (tertiary/aromatic N) is 12. The van der Waals surface area contributed by atoms with Gasteiger partial charge in [0.25, 0.3) is 33.5 Å². The summed E-state index contributed by atoms with van der Waals surface area (Å²) in [7, 11) is 0. The van der Waals surface area contributed by atoms with E-state index in [1.165, 1.54) is 23.6 Å². The molecule has 10 aromatic heterocycles. The molecular weight excluding hydrogens is 1840 g/mol. The summed E-state index contributed by atoms with van der Waals surface area (Å²) < 4.78 is 8.18. The number of amides is 2. The predicted molar refractivity (Wildman–Crippen MR) is 537 cm³/mol. The molecule has 144 heavy (non-hydrogen) atoms. The Kier molecular flexibility index (Phi) is 23.4. The number of nitrogens with two attached hydrogens (primary N) is 2. The molecule has 15 heterocycles. The van der Waals surface area contributed by atoms with Gasteiger partial charge in [-0.25, -0.2) is 24.9 Å². The summed E-state index contributed by atoms with van der Waals surface area (Å²) in [5.41, 5.74) is 23.7. The smallest absolute Gasteiger partial charge is 0.302 e. The molecule has 0 saturated carbocycles. The number of para-hydroxylation sites is 3. The van der Waals surface area contributed by atoms with Crippen LogP contribution < -0.4 is 49.9 Å². The van der Waals surface area contributed by atoms with Gasteiger partial charge in [0.1, 0.15) is 34.0 Å². The Morgan fingerprint density at radius 3 is 1.17 bits per heavy atom. The van der Waals surface area contributed by atoms with E-state index < -0.39 is 43.7 Å². The molecule has 9 N–H and O–H groups in total. The largest absolute Gasteiger partial charge is 0.377 e. The van der Waals surface area contributed by atoms with Crippen molar-refractivity contribution in [3.05, 3.63) is 313 Å². The van der Waals surface area contributed by atoms with Crippen molar-refractivity contribution < 1.29 is 58.7 Å². The van der Waals surface area contributed by atoms with Crippen LogP contribution in [0.25, 0.3) is 111 Å². The molecule has 0 radical (unpaired) electrons. The number of rotatable bonds is 11. The van der Waals surface area contributed by atoms with Crippen LogP contribution in [0.5, 0.6) is 0 Å². The molecule has 0 bridgehead atoms. The number of aromatic nitrogens is 10. The normalized spacial score (nSPS) is 18.7. The van der Waals surface area contributed by atoms with Crippen molar-refractivity contribution in [2.75, 3.05) is 23.7 Å². The van der Waals surface area contributed by atoms with E-state index in [2.05, 4.69) is 33.8 Å². The van der Waals surface area contributed by atoms with Crippen LogP contribution in [0.3, 0.4) is 0 Å². The first-order valence-corrected chi connectivity index (χ1v) is 48.3. The fraction of sp³-hybridized carbons (Fsp3) is 0.294. The lowest BCUT2D eigenvalue weighted by Gasteiger charge is -2.32. The van der Waals surface area contributed by atoms with Crippen molar-refractivity contribution in [2.24, 2.45) is 11.5 Å². The van der Waals surface area contributed by atoms with Gasteiger partial charge in [-0.3, -0.25) is 82.3 Å². The highest BCUT2D eigenvalue weighted by atomic mass is 16.6. The van der Waals surface area contributed by atoms with Gasteiger partial charge in [0.2, 0.25) is 11.8 Å². The fourth-order valence-electron chi connectivity index (χ4n) is 22.9. The second-order valence-electron chi connectivity index (χ2n) is 38.0. The number of Topliss-reactive ketones (excluding diaryl/α,β-unsaturated/α-hetero) is 5. The van der Waals surface area contributed by atoms with Crippen molar-refractivity contribution in [3.8, 4) is 56.9 Å². The quantitative estimate of drug-likeness (QED) is 0.0467. The van der Waals surface area contributed by atoms with E-state index >= 15 is 0 Å². The number of aliphatic hydroxyl groups is 3. The molecule has 10 aliphatic rings. The maximum atomic E-state index is 13.3. The lowest BCUT2D eigenvalue weighted by atomic mass is 9.76. The molecule has 0 saturated heterocycles. The third-order valence-corrected chi connectivity index (χ3v) is 30.3. The van der Waals surface area contributed by atoms with Crippen LogP contribution in [0.15, 0.2) is 182 Å². The maximum absolute atomic E-state index is 13.3. The molecule has 0 unspecified atom stereocenters. The van der Waals surface area contributed by atoms with Crippen LogP contribution >= 0.6 is 0 Å². The number of nitro benzene ring substituents is 1. The highest BCUT2D eigenvalue weighted by Crippen LogP contribution is 2.50. The molecule has 5 aromatic carbocycles. The van der Waals surface area contributed by atoms with Gasteiger partial charge in [-0.1, -0.05) is 95.3 Å². The zero-order valence-electron chi connectivity index (χ0n) is 79.1. The Hall–Kier alpha value is -16.2. The van der Waals surface area contributed by atoms with Crippen molar-refractivity contribution in [1.29, 1.82) is 0 Å². The molecule has 5 aliphatic carbocycles. The third kappa shape index (κ3) is 15.0. The topological polar surface area (TPSA) is 517 Å². The van der Waals surface area contributed by atoms with Crippen LogP contribution in [0, 0.1) is 20.2 Å². The number of carbonyl (C=O) groups excluding carboxylic acids is 7. The van der Waals surface area contributed by atoms with Crippen LogP contribution in [-0.4, -0.2) is 127 Å². The summed E-state index contributed by atoms with van der Waals surface area (Å²) in [6, 6.07) is 48.6. The molecule has 25 rings (SSSR count). The molecule has 0 fully saturated rings. The molecule has 5 atom stereocenters. The Balaban J connectivity index is 0.000000106. The molecule has 726 valence electrons. The summed E-state index contributed by atoms with van der Waals surface area (Å²) in [4.78, 5) is 198. The first-order chi connectivity index (χ1) is 69.3. The monoisotopic (exact) mass is 1930 g/mol. The summed E-state index contributed by atoms with van der Waals surface area (Å²) in [6.07, 6.45) is 4.75. The van der Waals surface area contributed by atoms with Gasteiger partial charge in [-0.2, -0.15) is 0 Å². The zero-order valence-corrected chi connectivity index (χ0v) is 79.1. The average Bonchev–Trinajstić information content (AvgIpc) is 1.35. The van der Waals surface area contributed by atoms with Crippen molar-refractivity contribution in [3.63, 3.8) is 0 Å². The predicted octanol–water partition coefficient (Wildman–Crippen LogP) is 12.1. The number of hydrogen-bond acceptors (Lipinski definition) is 26. The number of benzene rings is 5. The van der Waals surface area contributed by atoms with Crippen LogP contribution in [0.2, 0.25) is 0 Å². The second-order valence-corrected chi connectivity index (χ2v) is 38.0. The number of nitrogens with one attached hydrogen (secondary N) is 2. The Morgan fingerprint density at radius 2 is 0.743 bits per heavy atom. The maximum Gasteiger partial charge on any atom is 0.302 e. The van der Waals surface area contributed by atoms with Gasteiger partial charge in [0.15, 0.2) is 23.0 Å². The van der Waals surface area contributed by atoms with E-state index in [1.807, 2.05) is 115 Å². The highest BCUT2D eigenvalue weighted by Gasteiger charge is 2.52. The van der Waals surface area contributed by atoms with Gasteiger partial charge in [0, 0.05) is 144 Å². The number of pyridine rings is 10. The van der Waals surface area contributed by atoms with E-state index in [0.29, 0.717) is 138 Å².